The predicted molar refractivity (Wildman–Crippen MR) is 133 cm³/mol. The zero-order valence-electron chi connectivity index (χ0n) is 20.6. The molecule has 2 atom stereocenters. The van der Waals surface area contributed by atoms with Crippen LogP contribution in [0.15, 0.2) is 15.7 Å². The topological polar surface area (TPSA) is 94.8 Å². The first-order valence-corrected chi connectivity index (χ1v) is 12.3. The van der Waals surface area contributed by atoms with Crippen molar-refractivity contribution in [1.29, 1.82) is 0 Å². The summed E-state index contributed by atoms with van der Waals surface area (Å²) in [7, 11) is 0. The van der Waals surface area contributed by atoms with Gasteiger partial charge in [0.05, 0.1) is 23.1 Å². The van der Waals surface area contributed by atoms with Crippen LogP contribution in [0.4, 0.5) is 10.1 Å². The highest BCUT2D eigenvalue weighted by Gasteiger charge is 2.36. The molecule has 1 aromatic carbocycles. The summed E-state index contributed by atoms with van der Waals surface area (Å²) in [6, 6.07) is 1.31. The minimum Gasteiger partial charge on any atom is -0.369 e. The van der Waals surface area contributed by atoms with Crippen molar-refractivity contribution >= 4 is 22.5 Å². The van der Waals surface area contributed by atoms with Crippen molar-refractivity contribution in [3.63, 3.8) is 0 Å². The van der Waals surface area contributed by atoms with Gasteiger partial charge in [0, 0.05) is 44.2 Å². The summed E-state index contributed by atoms with van der Waals surface area (Å²) < 4.78 is 17.1. The number of anilines is 1. The summed E-state index contributed by atoms with van der Waals surface area (Å²) in [5.74, 6) is -0.418. The number of H-pyrrole nitrogens is 1. The van der Waals surface area contributed by atoms with Crippen LogP contribution in [0.5, 0.6) is 0 Å². The zero-order valence-corrected chi connectivity index (χ0v) is 20.6. The molecule has 2 fully saturated rings. The minimum atomic E-state index is -0.566. The fraction of sp³-hybridized carbons (Fsp3) is 0.600. The number of nitrogens with zero attached hydrogens (tertiary/aromatic N) is 4. The van der Waals surface area contributed by atoms with Gasteiger partial charge in [-0.1, -0.05) is 6.92 Å². The molecule has 2 aromatic rings. The molecule has 1 aliphatic carbocycles. The van der Waals surface area contributed by atoms with Crippen LogP contribution in [-0.4, -0.2) is 65.7 Å². The number of likely N-dealkylation sites (N-methyl/N-ethyl adjacent to an activating group) is 1. The van der Waals surface area contributed by atoms with Crippen LogP contribution in [0.25, 0.3) is 15.7 Å². The van der Waals surface area contributed by atoms with Gasteiger partial charge in [-0.3, -0.25) is 24.0 Å². The number of aromatic nitrogens is 2. The highest BCUT2D eigenvalue weighted by molar-refractivity contribution is 5.87. The van der Waals surface area contributed by atoms with Gasteiger partial charge in [-0.2, -0.15) is 0 Å². The monoisotopic (exact) mass is 484 g/mol. The van der Waals surface area contributed by atoms with E-state index in [-0.39, 0.29) is 29.3 Å². The second-order valence-electron chi connectivity index (χ2n) is 9.60. The standard InChI is InChI=1S/C25H33FN6O3/c1-5-30(11-9-27-4)21(13-28-16(3)33)17-8-10-31(14-17)23-15(2)22-19(12-20(23)26)24(34)29-25(35)32(22)18-6-7-18/h12,17-18,21H,5-11,13-14H2,1-3H3,(H,28,33)(H,29,34,35). The molecule has 188 valence electrons. The van der Waals surface area contributed by atoms with Crippen LogP contribution in [0.3, 0.4) is 0 Å². The predicted octanol–water partition coefficient (Wildman–Crippen LogP) is 2.04. The van der Waals surface area contributed by atoms with Gasteiger partial charge in [0.2, 0.25) is 12.5 Å². The lowest BCUT2D eigenvalue weighted by atomic mass is 9.96. The van der Waals surface area contributed by atoms with Crippen LogP contribution in [0.1, 0.15) is 44.7 Å². The Labute approximate surface area is 203 Å². The lowest BCUT2D eigenvalue weighted by Gasteiger charge is -2.34. The number of fused-ring (bicyclic) bond motifs is 1. The van der Waals surface area contributed by atoms with Gasteiger partial charge in [-0.05, 0) is 44.7 Å². The Hall–Kier alpha value is -3.19. The summed E-state index contributed by atoms with van der Waals surface area (Å²) in [5, 5.41) is 3.13. The van der Waals surface area contributed by atoms with Gasteiger partial charge in [0.1, 0.15) is 5.82 Å². The van der Waals surface area contributed by atoms with Crippen LogP contribution < -0.4 is 21.5 Å². The Morgan fingerprint density at radius 2 is 2.11 bits per heavy atom. The van der Waals surface area contributed by atoms with E-state index < -0.39 is 17.1 Å². The quantitative estimate of drug-likeness (QED) is 0.532. The molecule has 10 heteroatoms. The van der Waals surface area contributed by atoms with E-state index in [9.17, 15) is 14.4 Å². The minimum absolute atomic E-state index is 0.0203. The summed E-state index contributed by atoms with van der Waals surface area (Å²) in [6.07, 6.45) is 2.53. The summed E-state index contributed by atoms with van der Waals surface area (Å²) in [4.78, 5) is 46.8. The molecule has 0 spiro atoms. The number of amides is 1. The molecule has 4 rings (SSSR count). The highest BCUT2D eigenvalue weighted by atomic mass is 19.1. The van der Waals surface area contributed by atoms with Crippen molar-refractivity contribution in [2.75, 3.05) is 44.2 Å². The maximum absolute atomic E-state index is 15.5. The molecular formula is C25H33FN6O3. The van der Waals surface area contributed by atoms with E-state index in [2.05, 4.69) is 20.0 Å². The summed E-state index contributed by atoms with van der Waals surface area (Å²) in [6.45, 7) is 15.9. The molecule has 2 N–H and O–H groups in total. The van der Waals surface area contributed by atoms with Gasteiger partial charge in [-0.25, -0.2) is 15.8 Å². The number of aryl methyl sites for hydroxylation is 1. The molecule has 2 heterocycles. The van der Waals surface area contributed by atoms with Crippen molar-refractivity contribution in [2.24, 2.45) is 5.92 Å². The van der Waals surface area contributed by atoms with Crippen molar-refractivity contribution in [2.45, 2.75) is 52.1 Å². The van der Waals surface area contributed by atoms with E-state index in [1.165, 1.54) is 13.0 Å². The van der Waals surface area contributed by atoms with Crippen LogP contribution in [0, 0.1) is 25.2 Å². The molecule has 1 amide bonds. The molecule has 35 heavy (non-hydrogen) atoms. The molecule has 9 nitrogen and oxygen atoms in total. The van der Waals surface area contributed by atoms with Gasteiger partial charge < -0.3 is 15.1 Å². The number of benzene rings is 1. The second-order valence-corrected chi connectivity index (χ2v) is 9.60. The fourth-order valence-electron chi connectivity index (χ4n) is 5.52. The van der Waals surface area contributed by atoms with Gasteiger partial charge in [-0.15, -0.1) is 0 Å². The summed E-state index contributed by atoms with van der Waals surface area (Å²) in [5.41, 5.74) is 0.543. The summed E-state index contributed by atoms with van der Waals surface area (Å²) >= 11 is 0. The smallest absolute Gasteiger partial charge is 0.329 e. The maximum atomic E-state index is 15.5. The van der Waals surface area contributed by atoms with E-state index in [4.69, 9.17) is 6.57 Å². The van der Waals surface area contributed by atoms with E-state index in [0.29, 0.717) is 49.5 Å². The molecular weight excluding hydrogens is 451 g/mol. The second kappa shape index (κ2) is 10.2. The zero-order chi connectivity index (χ0) is 25.3. The molecule has 1 saturated carbocycles. The first kappa shape index (κ1) is 24.9. The first-order chi connectivity index (χ1) is 16.8. The molecule has 1 aliphatic heterocycles. The SMILES string of the molecule is [C-]#[N+]CCN(CC)C(CNC(C)=O)C1CCN(c2c(F)cc3c(=O)[nH]c(=O)n(C4CC4)c3c2C)C1. The Kier molecular flexibility index (Phi) is 7.26. The van der Waals surface area contributed by atoms with Crippen LogP contribution in [-0.2, 0) is 4.79 Å². The Bertz CT molecular complexity index is 1280. The Morgan fingerprint density at radius 3 is 2.74 bits per heavy atom. The number of hydrogen-bond donors (Lipinski definition) is 2. The van der Waals surface area contributed by atoms with Crippen molar-refractivity contribution in [3.05, 3.63) is 49.7 Å². The van der Waals surface area contributed by atoms with Crippen LogP contribution >= 0.6 is 0 Å². The van der Waals surface area contributed by atoms with E-state index in [0.717, 1.165) is 25.8 Å². The molecule has 1 aromatic heterocycles. The van der Waals surface area contributed by atoms with Gasteiger partial charge >= 0.3 is 5.69 Å². The molecule has 0 bridgehead atoms. The van der Waals surface area contributed by atoms with Gasteiger partial charge in [0.25, 0.3) is 5.56 Å². The van der Waals surface area contributed by atoms with Gasteiger partial charge in [0.15, 0.2) is 0 Å². The number of nitrogens with one attached hydrogen (secondary N) is 2. The number of halogens is 1. The van der Waals surface area contributed by atoms with E-state index in [1.807, 2.05) is 11.8 Å². The average Bonchev–Trinajstić information content (AvgIpc) is 3.53. The number of carbonyl (C=O) groups is 1. The largest absolute Gasteiger partial charge is 0.369 e. The Balaban J connectivity index is 1.69. The third-order valence-electron chi connectivity index (χ3n) is 7.32. The van der Waals surface area contributed by atoms with E-state index >= 15 is 4.39 Å². The third kappa shape index (κ3) is 4.96. The molecule has 2 aliphatic rings. The number of hydrogen-bond acceptors (Lipinski definition) is 5. The highest BCUT2D eigenvalue weighted by Crippen LogP contribution is 2.39. The number of rotatable bonds is 9. The fourth-order valence-corrected chi connectivity index (χ4v) is 5.52. The number of carbonyl (C=O) groups excluding carboxylic acids is 1. The average molecular weight is 485 g/mol. The lowest BCUT2D eigenvalue weighted by Crippen LogP contribution is -2.49. The normalized spacial score (nSPS) is 18.7. The van der Waals surface area contributed by atoms with Crippen molar-refractivity contribution in [3.8, 4) is 0 Å². The molecule has 1 saturated heterocycles. The van der Waals surface area contributed by atoms with E-state index in [1.54, 1.807) is 11.5 Å². The van der Waals surface area contributed by atoms with Crippen LogP contribution in [0.2, 0.25) is 0 Å². The van der Waals surface area contributed by atoms with Crippen molar-refractivity contribution < 1.29 is 9.18 Å². The number of aromatic amines is 1. The Morgan fingerprint density at radius 1 is 1.37 bits per heavy atom. The molecule has 0 radical (unpaired) electrons. The maximum Gasteiger partial charge on any atom is 0.329 e. The first-order valence-electron chi connectivity index (χ1n) is 12.3. The van der Waals surface area contributed by atoms with Crippen molar-refractivity contribution in [1.82, 2.24) is 19.8 Å². The molecule has 2 unspecified atom stereocenters. The lowest BCUT2D eigenvalue weighted by molar-refractivity contribution is -0.119. The third-order valence-corrected chi connectivity index (χ3v) is 7.32.